The fourth-order valence-corrected chi connectivity index (χ4v) is 1.57. The van der Waals surface area contributed by atoms with Crippen molar-refractivity contribution in [1.29, 1.82) is 0 Å². The Morgan fingerprint density at radius 2 is 1.89 bits per heavy atom. The minimum atomic E-state index is 0. The van der Waals surface area contributed by atoms with Crippen molar-refractivity contribution in [2.45, 2.75) is 6.54 Å². The Morgan fingerprint density at radius 3 is 2.56 bits per heavy atom. The van der Waals surface area contributed by atoms with Crippen molar-refractivity contribution in [1.82, 2.24) is 0 Å². The van der Waals surface area contributed by atoms with Crippen LogP contribution in [-0.4, -0.2) is 11.7 Å². The average molecular weight is 286 g/mol. The third kappa shape index (κ3) is 4.43. The summed E-state index contributed by atoms with van der Waals surface area (Å²) < 4.78 is 7.41. The van der Waals surface area contributed by atoms with Crippen LogP contribution in [0.25, 0.3) is 0 Å². The van der Waals surface area contributed by atoms with Crippen molar-refractivity contribution >= 4 is 11.6 Å². The van der Waals surface area contributed by atoms with Crippen LogP contribution in [0.5, 0.6) is 11.5 Å². The molecule has 0 saturated heterocycles. The number of hydrogen-bond acceptors (Lipinski definition) is 2. The Morgan fingerprint density at radius 1 is 1.17 bits per heavy atom. The number of hydrogen-bond donors (Lipinski definition) is 1. The monoisotopic (exact) mass is 285 g/mol. The summed E-state index contributed by atoms with van der Waals surface area (Å²) in [4.78, 5) is 0. The van der Waals surface area contributed by atoms with Gasteiger partial charge in [-0.2, -0.15) is 4.57 Å². The molecule has 0 bridgehead atoms. The lowest BCUT2D eigenvalue weighted by atomic mass is 10.3. The first-order valence-electron chi connectivity index (χ1n) is 5.30. The molecule has 0 aliphatic rings. The third-order valence-electron chi connectivity index (χ3n) is 2.27. The SMILES string of the molecule is Oc1ccc[n+](CCOc2ccc(Cl)cc2)c1.[Cl-]. The maximum Gasteiger partial charge on any atom is 0.211 e. The van der Waals surface area contributed by atoms with E-state index in [0.717, 1.165) is 5.75 Å². The van der Waals surface area contributed by atoms with Crippen LogP contribution < -0.4 is 21.7 Å². The van der Waals surface area contributed by atoms with Crippen LogP contribution in [0, 0.1) is 0 Å². The summed E-state index contributed by atoms with van der Waals surface area (Å²) in [6, 6.07) is 10.7. The molecule has 0 aliphatic heterocycles. The third-order valence-corrected chi connectivity index (χ3v) is 2.53. The molecule has 1 heterocycles. The number of benzene rings is 1. The van der Waals surface area contributed by atoms with Gasteiger partial charge in [0.25, 0.3) is 0 Å². The lowest BCUT2D eigenvalue weighted by Crippen LogP contribution is -3.00. The number of aromatic nitrogens is 1. The number of rotatable bonds is 4. The summed E-state index contributed by atoms with van der Waals surface area (Å²) in [6.45, 7) is 1.22. The van der Waals surface area contributed by atoms with Crippen LogP contribution >= 0.6 is 11.6 Å². The zero-order valence-corrected chi connectivity index (χ0v) is 11.1. The van der Waals surface area contributed by atoms with Crippen molar-refractivity contribution < 1.29 is 26.8 Å². The predicted molar refractivity (Wildman–Crippen MR) is 65.2 cm³/mol. The molecule has 0 unspecified atom stereocenters. The van der Waals surface area contributed by atoms with E-state index in [1.54, 1.807) is 30.5 Å². The molecular weight excluding hydrogens is 273 g/mol. The molecule has 96 valence electrons. The van der Waals surface area contributed by atoms with Crippen molar-refractivity contribution in [2.24, 2.45) is 0 Å². The van der Waals surface area contributed by atoms with Crippen LogP contribution in [0.1, 0.15) is 0 Å². The van der Waals surface area contributed by atoms with E-state index in [0.29, 0.717) is 18.2 Å². The van der Waals surface area contributed by atoms with Gasteiger partial charge in [0, 0.05) is 11.1 Å². The van der Waals surface area contributed by atoms with E-state index < -0.39 is 0 Å². The molecule has 0 spiro atoms. The van der Waals surface area contributed by atoms with Gasteiger partial charge in [0.05, 0.1) is 0 Å². The lowest BCUT2D eigenvalue weighted by molar-refractivity contribution is -0.697. The van der Waals surface area contributed by atoms with Gasteiger partial charge in [-0.3, -0.25) is 0 Å². The van der Waals surface area contributed by atoms with Gasteiger partial charge in [-0.05, 0) is 30.3 Å². The second-order valence-corrected chi connectivity index (χ2v) is 4.04. The van der Waals surface area contributed by atoms with Crippen LogP contribution in [-0.2, 0) is 6.54 Å². The summed E-state index contributed by atoms with van der Waals surface area (Å²) in [7, 11) is 0. The van der Waals surface area contributed by atoms with Crippen LogP contribution in [0.15, 0.2) is 48.8 Å². The number of pyridine rings is 1. The first-order chi connectivity index (χ1) is 8.24. The molecular formula is C13H13Cl2NO2. The first-order valence-corrected chi connectivity index (χ1v) is 5.68. The van der Waals surface area contributed by atoms with E-state index >= 15 is 0 Å². The van der Waals surface area contributed by atoms with E-state index in [-0.39, 0.29) is 18.2 Å². The standard InChI is InChI=1S/C13H12ClNO2.ClH/c14-11-3-5-13(6-4-11)17-9-8-15-7-1-2-12(16)10-15;/h1-7,10H,8-9H2;1H. The normalized spacial score (nSPS) is 9.61. The quantitative estimate of drug-likeness (QED) is 0.763. The maximum absolute atomic E-state index is 9.28. The molecule has 2 rings (SSSR count). The highest BCUT2D eigenvalue weighted by Gasteiger charge is 2.02. The minimum absolute atomic E-state index is 0. The van der Waals surface area contributed by atoms with E-state index in [1.165, 1.54) is 0 Å². The Bertz CT molecular complexity index is 489. The number of halogens is 2. The van der Waals surface area contributed by atoms with Crippen molar-refractivity contribution in [3.8, 4) is 11.5 Å². The summed E-state index contributed by atoms with van der Waals surface area (Å²) in [5, 5.41) is 9.98. The van der Waals surface area contributed by atoms with E-state index in [1.807, 2.05) is 22.9 Å². The van der Waals surface area contributed by atoms with Gasteiger partial charge >= 0.3 is 0 Å². The minimum Gasteiger partial charge on any atom is -1.00 e. The van der Waals surface area contributed by atoms with Gasteiger partial charge in [-0.25, -0.2) is 0 Å². The highest BCUT2D eigenvalue weighted by atomic mass is 35.5. The molecule has 0 aliphatic carbocycles. The van der Waals surface area contributed by atoms with Gasteiger partial charge in [0.15, 0.2) is 18.5 Å². The Hall–Kier alpha value is -1.45. The lowest BCUT2D eigenvalue weighted by Gasteiger charge is -2.03. The second-order valence-electron chi connectivity index (χ2n) is 3.60. The van der Waals surface area contributed by atoms with Gasteiger partial charge < -0.3 is 22.3 Å². The second kappa shape index (κ2) is 7.09. The summed E-state index contributed by atoms with van der Waals surface area (Å²) in [5.74, 6) is 1.04. The molecule has 0 atom stereocenters. The van der Waals surface area contributed by atoms with Gasteiger partial charge in [0.1, 0.15) is 12.4 Å². The molecule has 18 heavy (non-hydrogen) atoms. The van der Waals surface area contributed by atoms with Gasteiger partial charge in [-0.15, -0.1) is 0 Å². The summed E-state index contributed by atoms with van der Waals surface area (Å²) in [5.41, 5.74) is 0. The highest BCUT2D eigenvalue weighted by molar-refractivity contribution is 6.30. The van der Waals surface area contributed by atoms with Crippen molar-refractivity contribution in [3.05, 3.63) is 53.8 Å². The smallest absolute Gasteiger partial charge is 0.211 e. The fourth-order valence-electron chi connectivity index (χ4n) is 1.45. The van der Waals surface area contributed by atoms with E-state index in [9.17, 15) is 5.11 Å². The molecule has 1 aromatic heterocycles. The Kier molecular flexibility index (Phi) is 5.75. The number of ether oxygens (including phenoxy) is 1. The average Bonchev–Trinajstić information content (AvgIpc) is 2.32. The molecule has 1 aromatic carbocycles. The fraction of sp³-hybridized carbons (Fsp3) is 0.154. The van der Waals surface area contributed by atoms with E-state index in [4.69, 9.17) is 16.3 Å². The maximum atomic E-state index is 9.28. The molecule has 5 heteroatoms. The van der Waals surface area contributed by atoms with E-state index in [2.05, 4.69) is 0 Å². The number of aromatic hydroxyl groups is 1. The summed E-state index contributed by atoms with van der Waals surface area (Å²) >= 11 is 5.77. The zero-order valence-electron chi connectivity index (χ0n) is 9.59. The predicted octanol–water partition coefficient (Wildman–Crippen LogP) is -0.584. The molecule has 3 nitrogen and oxygen atoms in total. The highest BCUT2D eigenvalue weighted by Crippen LogP contribution is 2.15. The Labute approximate surface area is 117 Å². The molecule has 0 radical (unpaired) electrons. The first kappa shape index (κ1) is 14.6. The molecule has 0 saturated carbocycles. The molecule has 0 amide bonds. The van der Waals surface area contributed by atoms with Gasteiger partial charge in [0.2, 0.25) is 6.20 Å². The van der Waals surface area contributed by atoms with Crippen LogP contribution in [0.2, 0.25) is 5.02 Å². The largest absolute Gasteiger partial charge is 1.00 e. The molecule has 2 aromatic rings. The Balaban J connectivity index is 0.00000162. The van der Waals surface area contributed by atoms with Crippen LogP contribution in [0.4, 0.5) is 0 Å². The molecule has 0 fully saturated rings. The molecule has 1 N–H and O–H groups in total. The van der Waals surface area contributed by atoms with Crippen LogP contribution in [0.3, 0.4) is 0 Å². The topological polar surface area (TPSA) is 33.3 Å². The van der Waals surface area contributed by atoms with Gasteiger partial charge in [-0.1, -0.05) is 11.6 Å². The number of nitrogens with zero attached hydrogens (tertiary/aromatic N) is 1. The summed E-state index contributed by atoms with van der Waals surface area (Å²) in [6.07, 6.45) is 3.54. The zero-order chi connectivity index (χ0) is 12.1. The van der Waals surface area contributed by atoms with Crippen molar-refractivity contribution in [3.63, 3.8) is 0 Å². The van der Waals surface area contributed by atoms with Crippen molar-refractivity contribution in [2.75, 3.05) is 6.61 Å².